The van der Waals surface area contributed by atoms with Crippen molar-refractivity contribution in [2.24, 2.45) is 5.73 Å². The number of amides is 2. The average Bonchev–Trinajstić information content (AvgIpc) is 2.97. The van der Waals surface area contributed by atoms with E-state index in [4.69, 9.17) is 5.73 Å². The van der Waals surface area contributed by atoms with Crippen LogP contribution >= 0.6 is 0 Å². The first-order valence-corrected chi connectivity index (χ1v) is 6.98. The van der Waals surface area contributed by atoms with Crippen molar-refractivity contribution in [3.8, 4) is 0 Å². The predicted octanol–water partition coefficient (Wildman–Crippen LogP) is 0.385. The molecule has 5 heteroatoms. The Kier molecular flexibility index (Phi) is 4.58. The van der Waals surface area contributed by atoms with Gasteiger partial charge in [-0.25, -0.2) is 0 Å². The van der Waals surface area contributed by atoms with E-state index in [-0.39, 0.29) is 24.5 Å². The third kappa shape index (κ3) is 3.45. The maximum atomic E-state index is 12.3. The number of hydrogen-bond acceptors (Lipinski definition) is 3. The molecule has 1 heterocycles. The Morgan fingerprint density at radius 2 is 1.89 bits per heavy atom. The topological polar surface area (TPSA) is 75.4 Å². The van der Waals surface area contributed by atoms with Crippen LogP contribution in [0.25, 0.3) is 0 Å². The summed E-state index contributed by atoms with van der Waals surface area (Å²) in [6.07, 6.45) is 7.01. The van der Waals surface area contributed by atoms with Crippen LogP contribution in [-0.4, -0.2) is 41.9 Å². The van der Waals surface area contributed by atoms with Gasteiger partial charge in [0.1, 0.15) is 0 Å². The molecule has 3 N–H and O–H groups in total. The van der Waals surface area contributed by atoms with Crippen LogP contribution < -0.4 is 11.1 Å². The van der Waals surface area contributed by atoms with Crippen LogP contribution in [-0.2, 0) is 9.59 Å². The van der Waals surface area contributed by atoms with Crippen molar-refractivity contribution in [2.75, 3.05) is 13.1 Å². The molecule has 18 heavy (non-hydrogen) atoms. The van der Waals surface area contributed by atoms with E-state index in [0.29, 0.717) is 6.42 Å². The summed E-state index contributed by atoms with van der Waals surface area (Å²) in [4.78, 5) is 25.1. The number of carbonyl (C=O) groups is 2. The van der Waals surface area contributed by atoms with Crippen molar-refractivity contribution >= 4 is 11.8 Å². The normalized spacial score (nSPS) is 24.3. The van der Waals surface area contributed by atoms with Crippen molar-refractivity contribution in [1.82, 2.24) is 10.2 Å². The molecular formula is C13H23N3O2. The molecule has 0 aromatic rings. The molecule has 1 unspecified atom stereocenters. The largest absolute Gasteiger partial charge is 0.368 e. The Labute approximate surface area is 108 Å². The standard InChI is InChI=1S/C13H23N3O2/c14-12(17)9-16(11-5-1-2-6-11)13(18)8-10-4-3-7-15-10/h10-11,15H,1-9H2,(H2,14,17). The Hall–Kier alpha value is -1.10. The van der Waals surface area contributed by atoms with E-state index in [2.05, 4.69) is 5.32 Å². The van der Waals surface area contributed by atoms with Crippen LogP contribution in [0.5, 0.6) is 0 Å². The molecule has 5 nitrogen and oxygen atoms in total. The van der Waals surface area contributed by atoms with Gasteiger partial charge in [0.25, 0.3) is 0 Å². The van der Waals surface area contributed by atoms with Gasteiger partial charge in [-0.3, -0.25) is 9.59 Å². The van der Waals surface area contributed by atoms with Crippen LogP contribution in [0.3, 0.4) is 0 Å². The van der Waals surface area contributed by atoms with Crippen molar-refractivity contribution in [3.63, 3.8) is 0 Å². The predicted molar refractivity (Wildman–Crippen MR) is 68.8 cm³/mol. The zero-order chi connectivity index (χ0) is 13.0. The monoisotopic (exact) mass is 253 g/mol. The molecule has 102 valence electrons. The van der Waals surface area contributed by atoms with Gasteiger partial charge in [0.05, 0.1) is 6.54 Å². The summed E-state index contributed by atoms with van der Waals surface area (Å²) in [6, 6.07) is 0.515. The van der Waals surface area contributed by atoms with E-state index in [0.717, 1.165) is 45.1 Å². The van der Waals surface area contributed by atoms with Gasteiger partial charge in [0.15, 0.2) is 0 Å². The fraction of sp³-hybridized carbons (Fsp3) is 0.846. The number of rotatable bonds is 5. The van der Waals surface area contributed by atoms with Gasteiger partial charge in [-0.1, -0.05) is 12.8 Å². The molecule has 0 aromatic carbocycles. The number of carbonyl (C=O) groups excluding carboxylic acids is 2. The van der Waals surface area contributed by atoms with E-state index in [1.165, 1.54) is 0 Å². The SMILES string of the molecule is NC(=O)CN(C(=O)CC1CCCN1)C1CCCC1. The van der Waals surface area contributed by atoms with Gasteiger partial charge in [0, 0.05) is 18.5 Å². The van der Waals surface area contributed by atoms with Crippen LogP contribution in [0.15, 0.2) is 0 Å². The molecular weight excluding hydrogens is 230 g/mol. The zero-order valence-electron chi connectivity index (χ0n) is 10.9. The maximum absolute atomic E-state index is 12.3. The molecule has 2 aliphatic rings. The summed E-state index contributed by atoms with van der Waals surface area (Å²) in [5.74, 6) is -0.324. The Balaban J connectivity index is 1.93. The van der Waals surface area contributed by atoms with Crippen LogP contribution in [0.2, 0.25) is 0 Å². The molecule has 2 rings (SSSR count). The lowest BCUT2D eigenvalue weighted by molar-refractivity contribution is -0.137. The van der Waals surface area contributed by atoms with Gasteiger partial charge in [-0.15, -0.1) is 0 Å². The lowest BCUT2D eigenvalue weighted by Crippen LogP contribution is -2.45. The first kappa shape index (κ1) is 13.3. The van der Waals surface area contributed by atoms with Gasteiger partial charge in [0.2, 0.25) is 11.8 Å². The highest BCUT2D eigenvalue weighted by Gasteiger charge is 2.29. The van der Waals surface area contributed by atoms with Gasteiger partial charge in [-0.2, -0.15) is 0 Å². The molecule has 0 spiro atoms. The Bertz CT molecular complexity index is 307. The summed E-state index contributed by atoms with van der Waals surface area (Å²) < 4.78 is 0. The van der Waals surface area contributed by atoms with Crippen molar-refractivity contribution < 1.29 is 9.59 Å². The van der Waals surface area contributed by atoms with E-state index < -0.39 is 5.91 Å². The lowest BCUT2D eigenvalue weighted by Gasteiger charge is -2.28. The smallest absolute Gasteiger partial charge is 0.237 e. The fourth-order valence-electron chi connectivity index (χ4n) is 3.06. The van der Waals surface area contributed by atoms with E-state index in [1.54, 1.807) is 4.90 Å². The highest BCUT2D eigenvalue weighted by molar-refractivity contribution is 5.84. The minimum absolute atomic E-state index is 0.0796. The van der Waals surface area contributed by atoms with Crippen LogP contribution in [0, 0.1) is 0 Å². The van der Waals surface area contributed by atoms with E-state index >= 15 is 0 Å². The average molecular weight is 253 g/mol. The van der Waals surface area contributed by atoms with Crippen molar-refractivity contribution in [3.05, 3.63) is 0 Å². The van der Waals surface area contributed by atoms with Crippen molar-refractivity contribution in [1.29, 1.82) is 0 Å². The fourth-order valence-corrected chi connectivity index (χ4v) is 3.06. The summed E-state index contributed by atoms with van der Waals surface area (Å²) in [5.41, 5.74) is 5.26. The summed E-state index contributed by atoms with van der Waals surface area (Å²) in [7, 11) is 0. The number of nitrogens with zero attached hydrogens (tertiary/aromatic N) is 1. The zero-order valence-corrected chi connectivity index (χ0v) is 10.9. The molecule has 1 aliphatic carbocycles. The first-order chi connectivity index (χ1) is 8.66. The molecule has 0 aromatic heterocycles. The maximum Gasteiger partial charge on any atom is 0.237 e. The van der Waals surface area contributed by atoms with E-state index in [9.17, 15) is 9.59 Å². The molecule has 2 amide bonds. The van der Waals surface area contributed by atoms with Gasteiger partial charge < -0.3 is 16.0 Å². The first-order valence-electron chi connectivity index (χ1n) is 6.98. The van der Waals surface area contributed by atoms with E-state index in [1.807, 2.05) is 0 Å². The summed E-state index contributed by atoms with van der Waals surface area (Å²) >= 11 is 0. The van der Waals surface area contributed by atoms with Crippen LogP contribution in [0.1, 0.15) is 44.9 Å². The minimum atomic E-state index is -0.408. The summed E-state index contributed by atoms with van der Waals surface area (Å²) in [5, 5.41) is 3.32. The number of nitrogens with two attached hydrogens (primary N) is 1. The highest BCUT2D eigenvalue weighted by Crippen LogP contribution is 2.24. The number of nitrogens with one attached hydrogen (secondary N) is 1. The second kappa shape index (κ2) is 6.18. The summed E-state index contributed by atoms with van der Waals surface area (Å²) in [6.45, 7) is 1.08. The molecule has 2 fully saturated rings. The molecule has 0 radical (unpaired) electrons. The lowest BCUT2D eigenvalue weighted by atomic mass is 10.1. The van der Waals surface area contributed by atoms with Gasteiger partial charge >= 0.3 is 0 Å². The van der Waals surface area contributed by atoms with Crippen molar-refractivity contribution in [2.45, 2.75) is 57.0 Å². The third-order valence-electron chi connectivity index (χ3n) is 4.00. The second-order valence-electron chi connectivity index (χ2n) is 5.42. The Morgan fingerprint density at radius 1 is 1.17 bits per heavy atom. The highest BCUT2D eigenvalue weighted by atomic mass is 16.2. The van der Waals surface area contributed by atoms with Gasteiger partial charge in [-0.05, 0) is 32.2 Å². The molecule has 1 aliphatic heterocycles. The minimum Gasteiger partial charge on any atom is -0.368 e. The number of hydrogen-bond donors (Lipinski definition) is 2. The molecule has 0 bridgehead atoms. The number of primary amides is 1. The quantitative estimate of drug-likeness (QED) is 0.744. The Morgan fingerprint density at radius 3 is 2.44 bits per heavy atom. The molecule has 1 atom stereocenters. The van der Waals surface area contributed by atoms with Crippen LogP contribution in [0.4, 0.5) is 0 Å². The second-order valence-corrected chi connectivity index (χ2v) is 5.42. The molecule has 1 saturated heterocycles. The third-order valence-corrected chi connectivity index (χ3v) is 4.00. The molecule has 1 saturated carbocycles.